The van der Waals surface area contributed by atoms with Crippen molar-refractivity contribution in [1.29, 1.82) is 0 Å². The first-order valence-corrected chi connectivity index (χ1v) is 7.98. The van der Waals surface area contributed by atoms with E-state index in [1.165, 1.54) is 12.1 Å². The Morgan fingerprint density at radius 1 is 1.38 bits per heavy atom. The van der Waals surface area contributed by atoms with Gasteiger partial charge < -0.3 is 14.1 Å². The molecule has 0 radical (unpaired) electrons. The zero-order chi connectivity index (χ0) is 17.9. The van der Waals surface area contributed by atoms with Crippen molar-refractivity contribution in [1.82, 2.24) is 4.90 Å². The van der Waals surface area contributed by atoms with Crippen molar-refractivity contribution in [3.63, 3.8) is 0 Å². The number of carbonyl (C=O) groups excluding carboxylic acids is 1. The molecule has 0 saturated heterocycles. The maximum Gasteiger partial charge on any atom is 0.336 e. The van der Waals surface area contributed by atoms with Crippen LogP contribution in [-0.2, 0) is 4.79 Å². The van der Waals surface area contributed by atoms with Crippen LogP contribution in [0.2, 0.25) is 5.02 Å². The minimum atomic E-state index is -0.442. The van der Waals surface area contributed by atoms with Crippen LogP contribution in [0.4, 0.5) is 0 Å². The van der Waals surface area contributed by atoms with E-state index in [0.29, 0.717) is 29.4 Å². The van der Waals surface area contributed by atoms with Gasteiger partial charge in [-0.05, 0) is 32.4 Å². The van der Waals surface area contributed by atoms with Crippen molar-refractivity contribution in [3.05, 3.63) is 51.4 Å². The van der Waals surface area contributed by atoms with Gasteiger partial charge in [0.2, 0.25) is 0 Å². The van der Waals surface area contributed by atoms with Crippen LogP contribution in [0.1, 0.15) is 19.4 Å². The summed E-state index contributed by atoms with van der Waals surface area (Å²) in [5.74, 6) is 0.139. The minimum absolute atomic E-state index is 0.150. The molecule has 0 fully saturated rings. The summed E-state index contributed by atoms with van der Waals surface area (Å²) in [5.41, 5.74) is 1.60. The van der Waals surface area contributed by atoms with Crippen LogP contribution in [0.3, 0.4) is 0 Å². The van der Waals surface area contributed by atoms with Crippen LogP contribution in [0, 0.1) is 6.92 Å². The summed E-state index contributed by atoms with van der Waals surface area (Å²) < 4.78 is 10.7. The summed E-state index contributed by atoms with van der Waals surface area (Å²) in [4.78, 5) is 25.3. The molecule has 2 aromatic rings. The molecule has 1 heterocycles. The molecular formula is C18H20ClNO4. The fourth-order valence-corrected chi connectivity index (χ4v) is 2.58. The maximum atomic E-state index is 12.2. The van der Waals surface area contributed by atoms with E-state index in [9.17, 15) is 9.59 Å². The Bertz CT molecular complexity index is 841. The molecule has 1 aromatic carbocycles. The van der Waals surface area contributed by atoms with Gasteiger partial charge in [-0.15, -0.1) is 0 Å². The first-order valence-electron chi connectivity index (χ1n) is 7.60. The van der Waals surface area contributed by atoms with E-state index in [2.05, 4.69) is 6.58 Å². The highest BCUT2D eigenvalue weighted by Crippen LogP contribution is 2.31. The molecule has 2 rings (SSSR count). The van der Waals surface area contributed by atoms with Crippen molar-refractivity contribution in [2.24, 2.45) is 0 Å². The second kappa shape index (κ2) is 7.53. The summed E-state index contributed by atoms with van der Waals surface area (Å²) in [7, 11) is 0. The molecule has 0 unspecified atom stereocenters. The van der Waals surface area contributed by atoms with E-state index in [-0.39, 0.29) is 12.5 Å². The molecule has 0 aliphatic carbocycles. The number of likely N-dealkylation sites (N-methyl/N-ethyl adjacent to an activating group) is 1. The number of benzene rings is 1. The highest BCUT2D eigenvalue weighted by molar-refractivity contribution is 6.32. The molecule has 6 heteroatoms. The molecule has 24 heavy (non-hydrogen) atoms. The smallest absolute Gasteiger partial charge is 0.336 e. The number of hydrogen-bond donors (Lipinski definition) is 0. The van der Waals surface area contributed by atoms with E-state index in [1.807, 2.05) is 13.8 Å². The number of aryl methyl sites for hydroxylation is 1. The number of fused-ring (bicyclic) bond motifs is 1. The van der Waals surface area contributed by atoms with Crippen molar-refractivity contribution in [2.75, 3.05) is 19.7 Å². The lowest BCUT2D eigenvalue weighted by molar-refractivity contribution is -0.132. The fraction of sp³-hybridized carbons (Fsp3) is 0.333. The number of carbonyl (C=O) groups is 1. The zero-order valence-corrected chi connectivity index (χ0v) is 14.8. The van der Waals surface area contributed by atoms with E-state index >= 15 is 0 Å². The molecule has 0 aliphatic heterocycles. The highest BCUT2D eigenvalue weighted by atomic mass is 35.5. The topological polar surface area (TPSA) is 59.8 Å². The molecule has 0 spiro atoms. The molecule has 5 nitrogen and oxygen atoms in total. The lowest BCUT2D eigenvalue weighted by atomic mass is 10.1. The van der Waals surface area contributed by atoms with Crippen LogP contribution in [0.15, 0.2) is 39.6 Å². The third-order valence-corrected chi connectivity index (χ3v) is 3.85. The largest absolute Gasteiger partial charge is 0.482 e. The molecule has 0 aliphatic rings. The summed E-state index contributed by atoms with van der Waals surface area (Å²) in [6.45, 7) is 10.3. The third-order valence-electron chi connectivity index (χ3n) is 3.55. The quantitative estimate of drug-likeness (QED) is 0.591. The lowest BCUT2D eigenvalue weighted by Gasteiger charge is -2.21. The Labute approximate surface area is 145 Å². The average Bonchev–Trinajstić information content (AvgIpc) is 2.50. The van der Waals surface area contributed by atoms with Gasteiger partial charge in [0.15, 0.2) is 6.61 Å². The first kappa shape index (κ1) is 18.1. The van der Waals surface area contributed by atoms with Crippen LogP contribution in [0.25, 0.3) is 11.0 Å². The molecule has 0 saturated carbocycles. The first-order chi connectivity index (χ1) is 11.3. The lowest BCUT2D eigenvalue weighted by Crippen LogP contribution is -2.35. The predicted molar refractivity (Wildman–Crippen MR) is 94.8 cm³/mol. The Morgan fingerprint density at radius 2 is 2.08 bits per heavy atom. The fourth-order valence-electron chi connectivity index (χ4n) is 2.36. The molecular weight excluding hydrogens is 330 g/mol. The Hall–Kier alpha value is -2.27. The number of hydrogen-bond acceptors (Lipinski definition) is 4. The molecule has 0 atom stereocenters. The van der Waals surface area contributed by atoms with Crippen molar-refractivity contribution >= 4 is 28.5 Å². The van der Waals surface area contributed by atoms with Gasteiger partial charge >= 0.3 is 5.63 Å². The van der Waals surface area contributed by atoms with Gasteiger partial charge in [-0.3, -0.25) is 4.79 Å². The zero-order valence-electron chi connectivity index (χ0n) is 14.0. The van der Waals surface area contributed by atoms with Gasteiger partial charge in [0.25, 0.3) is 5.91 Å². The molecule has 128 valence electrons. The highest BCUT2D eigenvalue weighted by Gasteiger charge is 2.15. The van der Waals surface area contributed by atoms with Crippen LogP contribution in [-0.4, -0.2) is 30.5 Å². The SMILES string of the molecule is C=C(C)CN(CC)C(=O)COc1cc2oc(=O)cc(C)c2cc1Cl. The number of ether oxygens (including phenoxy) is 1. The van der Waals surface area contributed by atoms with Gasteiger partial charge in [-0.1, -0.05) is 23.8 Å². The van der Waals surface area contributed by atoms with Gasteiger partial charge in [-0.2, -0.15) is 0 Å². The predicted octanol–water partition coefficient (Wildman–Crippen LogP) is 3.56. The Morgan fingerprint density at radius 3 is 2.71 bits per heavy atom. The van der Waals surface area contributed by atoms with Gasteiger partial charge in [0.1, 0.15) is 11.3 Å². The van der Waals surface area contributed by atoms with Crippen molar-refractivity contribution in [3.8, 4) is 5.75 Å². The number of nitrogens with zero attached hydrogens (tertiary/aromatic N) is 1. The van der Waals surface area contributed by atoms with Crippen LogP contribution in [0.5, 0.6) is 5.75 Å². The van der Waals surface area contributed by atoms with Crippen LogP contribution >= 0.6 is 11.6 Å². The van der Waals surface area contributed by atoms with Crippen LogP contribution < -0.4 is 10.4 Å². The summed E-state index contributed by atoms with van der Waals surface area (Å²) in [5, 5.41) is 1.09. The molecule has 0 bridgehead atoms. The molecule has 1 aromatic heterocycles. The van der Waals surface area contributed by atoms with E-state index in [1.54, 1.807) is 17.9 Å². The van der Waals surface area contributed by atoms with Gasteiger partial charge in [0, 0.05) is 30.6 Å². The summed E-state index contributed by atoms with van der Waals surface area (Å²) in [6.07, 6.45) is 0. The van der Waals surface area contributed by atoms with Gasteiger partial charge in [0.05, 0.1) is 5.02 Å². The number of rotatable bonds is 6. The van der Waals surface area contributed by atoms with E-state index in [0.717, 1.165) is 16.5 Å². The monoisotopic (exact) mass is 349 g/mol. The van der Waals surface area contributed by atoms with E-state index < -0.39 is 5.63 Å². The summed E-state index contributed by atoms with van der Waals surface area (Å²) >= 11 is 6.21. The Kier molecular flexibility index (Phi) is 5.67. The average molecular weight is 350 g/mol. The second-order valence-electron chi connectivity index (χ2n) is 5.68. The van der Waals surface area contributed by atoms with Crippen molar-refractivity contribution in [2.45, 2.75) is 20.8 Å². The second-order valence-corrected chi connectivity index (χ2v) is 6.09. The standard InChI is InChI=1S/C18H20ClNO4/c1-5-20(9-11(2)3)17(21)10-23-16-8-15-13(7-14(16)19)12(4)6-18(22)24-15/h6-8H,2,5,9-10H2,1,3-4H3. The molecule has 1 amide bonds. The number of halogens is 1. The van der Waals surface area contributed by atoms with Crippen molar-refractivity contribution < 1.29 is 13.9 Å². The maximum absolute atomic E-state index is 12.2. The normalized spacial score (nSPS) is 10.7. The summed E-state index contributed by atoms with van der Waals surface area (Å²) in [6, 6.07) is 4.61. The Balaban J connectivity index is 2.21. The van der Waals surface area contributed by atoms with Gasteiger partial charge in [-0.25, -0.2) is 4.79 Å². The molecule has 0 N–H and O–H groups in total. The minimum Gasteiger partial charge on any atom is -0.482 e. The van der Waals surface area contributed by atoms with E-state index in [4.69, 9.17) is 20.8 Å². The third kappa shape index (κ3) is 4.17. The number of amides is 1.